The van der Waals surface area contributed by atoms with Crippen LogP contribution in [0.1, 0.15) is 52.4 Å². The summed E-state index contributed by atoms with van der Waals surface area (Å²) < 4.78 is 16.1. The Balaban J connectivity index is 3.02. The van der Waals surface area contributed by atoms with Gasteiger partial charge < -0.3 is 4.52 Å². The summed E-state index contributed by atoms with van der Waals surface area (Å²) in [6.45, 7) is 4.70. The molecule has 2 nitrogen and oxygen atoms in total. The van der Waals surface area contributed by atoms with Crippen molar-refractivity contribution in [3.05, 3.63) is 0 Å². The molecule has 0 aliphatic carbocycles. The fourth-order valence-corrected chi connectivity index (χ4v) is 2.29. The summed E-state index contributed by atoms with van der Waals surface area (Å²) in [5, 5.41) is 0. The molecule has 0 N–H and O–H groups in total. The molecule has 0 saturated heterocycles. The van der Waals surface area contributed by atoms with E-state index >= 15 is 0 Å². The van der Waals surface area contributed by atoms with Crippen molar-refractivity contribution in [3.8, 4) is 0 Å². The van der Waals surface area contributed by atoms with Gasteiger partial charge in [-0.15, -0.1) is 0 Å². The van der Waals surface area contributed by atoms with E-state index in [2.05, 4.69) is 6.92 Å². The van der Waals surface area contributed by atoms with Gasteiger partial charge in [0.2, 0.25) is 0 Å². The zero-order valence-corrected chi connectivity index (χ0v) is 9.97. The standard InChI is InChI=1S/C10H23O2P/c1-3-5-6-7-8-9-10-13(11)12-4-2/h13H,3-10H2,1-2H3. The highest BCUT2D eigenvalue weighted by molar-refractivity contribution is 7.39. The van der Waals surface area contributed by atoms with Crippen molar-refractivity contribution in [2.45, 2.75) is 52.4 Å². The van der Waals surface area contributed by atoms with Gasteiger partial charge in [0.15, 0.2) is 8.03 Å². The lowest BCUT2D eigenvalue weighted by molar-refractivity contribution is 0.349. The monoisotopic (exact) mass is 206 g/mol. The summed E-state index contributed by atoms with van der Waals surface area (Å²) in [6.07, 6.45) is 8.30. The highest BCUT2D eigenvalue weighted by Gasteiger charge is 1.97. The average Bonchev–Trinajstić information content (AvgIpc) is 2.11. The molecule has 0 spiro atoms. The summed E-state index contributed by atoms with van der Waals surface area (Å²) in [5.41, 5.74) is 0. The molecule has 0 rings (SSSR count). The van der Waals surface area contributed by atoms with Crippen LogP contribution in [-0.2, 0) is 9.09 Å². The second-order valence-electron chi connectivity index (χ2n) is 3.32. The van der Waals surface area contributed by atoms with Gasteiger partial charge in [0.1, 0.15) is 0 Å². The van der Waals surface area contributed by atoms with Crippen LogP contribution in [0, 0.1) is 0 Å². The Bertz CT molecular complexity index is 126. The lowest BCUT2D eigenvalue weighted by atomic mass is 10.1. The minimum absolute atomic E-state index is 0.591. The van der Waals surface area contributed by atoms with Crippen LogP contribution in [0.4, 0.5) is 0 Å². The van der Waals surface area contributed by atoms with Crippen molar-refractivity contribution < 1.29 is 9.09 Å². The Labute approximate surface area is 82.9 Å². The van der Waals surface area contributed by atoms with Crippen molar-refractivity contribution in [2.24, 2.45) is 0 Å². The maximum absolute atomic E-state index is 11.1. The van der Waals surface area contributed by atoms with Crippen LogP contribution in [0.3, 0.4) is 0 Å². The van der Waals surface area contributed by atoms with Gasteiger partial charge in [-0.05, 0) is 13.3 Å². The molecule has 0 fully saturated rings. The van der Waals surface area contributed by atoms with Crippen LogP contribution in [0.25, 0.3) is 0 Å². The highest BCUT2D eigenvalue weighted by atomic mass is 31.1. The van der Waals surface area contributed by atoms with Gasteiger partial charge >= 0.3 is 0 Å². The van der Waals surface area contributed by atoms with Gasteiger partial charge in [-0.3, -0.25) is 4.57 Å². The highest BCUT2D eigenvalue weighted by Crippen LogP contribution is 2.23. The van der Waals surface area contributed by atoms with Crippen molar-refractivity contribution in [1.29, 1.82) is 0 Å². The summed E-state index contributed by atoms with van der Waals surface area (Å²) in [6, 6.07) is 0. The molecule has 0 aromatic carbocycles. The maximum Gasteiger partial charge on any atom is 0.191 e. The zero-order valence-electron chi connectivity index (χ0n) is 8.97. The van der Waals surface area contributed by atoms with Gasteiger partial charge in [0.25, 0.3) is 0 Å². The minimum Gasteiger partial charge on any atom is -0.331 e. The van der Waals surface area contributed by atoms with E-state index in [1.54, 1.807) is 0 Å². The lowest BCUT2D eigenvalue weighted by Crippen LogP contribution is -1.85. The van der Waals surface area contributed by atoms with Gasteiger partial charge in [-0.1, -0.05) is 39.0 Å². The normalized spacial score (nSPS) is 13.1. The summed E-state index contributed by atoms with van der Waals surface area (Å²) in [7, 11) is -1.68. The quantitative estimate of drug-likeness (QED) is 0.423. The van der Waals surface area contributed by atoms with Crippen LogP contribution >= 0.6 is 8.03 Å². The Kier molecular flexibility index (Phi) is 10.4. The van der Waals surface area contributed by atoms with Gasteiger partial charge in [-0.25, -0.2) is 0 Å². The molecule has 0 heterocycles. The van der Waals surface area contributed by atoms with Gasteiger partial charge in [0.05, 0.1) is 6.61 Å². The first-order valence-electron chi connectivity index (χ1n) is 5.46. The molecule has 0 aromatic rings. The predicted octanol–water partition coefficient (Wildman–Crippen LogP) is 3.86. The fourth-order valence-electron chi connectivity index (χ4n) is 1.28. The Morgan fingerprint density at radius 1 is 1.00 bits per heavy atom. The van der Waals surface area contributed by atoms with Crippen LogP contribution in [0.15, 0.2) is 0 Å². The van der Waals surface area contributed by atoms with E-state index in [4.69, 9.17) is 4.52 Å². The Morgan fingerprint density at radius 3 is 2.23 bits per heavy atom. The third kappa shape index (κ3) is 10.1. The number of hydrogen-bond donors (Lipinski definition) is 0. The van der Waals surface area contributed by atoms with E-state index in [-0.39, 0.29) is 0 Å². The topological polar surface area (TPSA) is 26.3 Å². The number of hydrogen-bond acceptors (Lipinski definition) is 2. The first kappa shape index (κ1) is 13.2. The largest absolute Gasteiger partial charge is 0.331 e. The molecule has 0 amide bonds. The molecule has 0 saturated carbocycles. The van der Waals surface area contributed by atoms with Crippen LogP contribution in [0.2, 0.25) is 0 Å². The number of unbranched alkanes of at least 4 members (excludes halogenated alkanes) is 5. The third-order valence-electron chi connectivity index (χ3n) is 2.04. The fraction of sp³-hybridized carbons (Fsp3) is 1.00. The van der Waals surface area contributed by atoms with Gasteiger partial charge in [-0.2, -0.15) is 0 Å². The van der Waals surface area contributed by atoms with E-state index in [1.807, 2.05) is 6.92 Å². The Hall–Kier alpha value is 0.190. The number of rotatable bonds is 9. The molecule has 0 bridgehead atoms. The molecule has 3 heteroatoms. The van der Waals surface area contributed by atoms with Crippen LogP contribution in [0.5, 0.6) is 0 Å². The zero-order chi connectivity index (χ0) is 9.94. The van der Waals surface area contributed by atoms with Gasteiger partial charge in [0, 0.05) is 6.16 Å². The molecule has 0 radical (unpaired) electrons. The van der Waals surface area contributed by atoms with Crippen LogP contribution < -0.4 is 0 Å². The lowest BCUT2D eigenvalue weighted by Gasteiger charge is -2.01. The van der Waals surface area contributed by atoms with Crippen molar-refractivity contribution in [1.82, 2.24) is 0 Å². The second-order valence-corrected chi connectivity index (χ2v) is 4.86. The van der Waals surface area contributed by atoms with E-state index in [0.717, 1.165) is 12.6 Å². The van der Waals surface area contributed by atoms with Crippen molar-refractivity contribution in [3.63, 3.8) is 0 Å². The smallest absolute Gasteiger partial charge is 0.191 e. The molecule has 0 aromatic heterocycles. The molecule has 1 atom stereocenters. The molecule has 0 aliphatic rings. The first-order chi connectivity index (χ1) is 6.31. The average molecular weight is 206 g/mol. The molecule has 80 valence electrons. The summed E-state index contributed by atoms with van der Waals surface area (Å²) in [4.78, 5) is 0. The molecular formula is C10H23O2P. The van der Waals surface area contributed by atoms with Crippen molar-refractivity contribution >= 4 is 8.03 Å². The molecular weight excluding hydrogens is 183 g/mol. The van der Waals surface area contributed by atoms with E-state index in [0.29, 0.717) is 6.61 Å². The van der Waals surface area contributed by atoms with E-state index in [1.165, 1.54) is 32.1 Å². The third-order valence-corrected chi connectivity index (χ3v) is 3.41. The Morgan fingerprint density at radius 2 is 1.62 bits per heavy atom. The van der Waals surface area contributed by atoms with E-state index in [9.17, 15) is 4.57 Å². The first-order valence-corrected chi connectivity index (χ1v) is 6.99. The molecule has 13 heavy (non-hydrogen) atoms. The summed E-state index contributed by atoms with van der Waals surface area (Å²) in [5.74, 6) is 0. The summed E-state index contributed by atoms with van der Waals surface area (Å²) >= 11 is 0. The molecule has 1 unspecified atom stereocenters. The predicted molar refractivity (Wildman–Crippen MR) is 58.9 cm³/mol. The maximum atomic E-state index is 11.1. The van der Waals surface area contributed by atoms with Crippen LogP contribution in [-0.4, -0.2) is 12.8 Å². The molecule has 0 aliphatic heterocycles. The minimum atomic E-state index is -1.68. The van der Waals surface area contributed by atoms with Crippen molar-refractivity contribution in [2.75, 3.05) is 12.8 Å². The second kappa shape index (κ2) is 10.3. The van der Waals surface area contributed by atoms with E-state index < -0.39 is 8.03 Å². The SMILES string of the molecule is CCCCCCCC[PH](=O)OCC.